The fourth-order valence-corrected chi connectivity index (χ4v) is 2.60. The minimum Gasteiger partial charge on any atom is -0.369 e. The lowest BCUT2D eigenvalue weighted by atomic mass is 10.0. The van der Waals surface area contributed by atoms with Crippen molar-refractivity contribution in [2.24, 2.45) is 0 Å². The monoisotopic (exact) mass is 246 g/mol. The van der Waals surface area contributed by atoms with E-state index in [-0.39, 0.29) is 5.91 Å². The zero-order chi connectivity index (χ0) is 13.0. The van der Waals surface area contributed by atoms with Gasteiger partial charge in [-0.3, -0.25) is 4.79 Å². The number of piperidine rings is 1. The minimum atomic E-state index is 0.245. The predicted octanol–water partition coefficient (Wildman–Crippen LogP) is 2.52. The number of rotatable bonds is 3. The van der Waals surface area contributed by atoms with Gasteiger partial charge in [-0.1, -0.05) is 25.1 Å². The molecule has 1 unspecified atom stereocenters. The Kier molecular flexibility index (Phi) is 4.24. The van der Waals surface area contributed by atoms with E-state index in [2.05, 4.69) is 29.2 Å². The Morgan fingerprint density at radius 1 is 1.39 bits per heavy atom. The molecule has 98 valence electrons. The lowest BCUT2D eigenvalue weighted by Crippen LogP contribution is -2.48. The van der Waals surface area contributed by atoms with Crippen molar-refractivity contribution in [1.29, 1.82) is 0 Å². The third-order valence-corrected chi connectivity index (χ3v) is 3.76. The molecule has 1 aromatic rings. The van der Waals surface area contributed by atoms with E-state index in [0.29, 0.717) is 12.5 Å². The Labute approximate surface area is 109 Å². The van der Waals surface area contributed by atoms with E-state index >= 15 is 0 Å². The number of hydrogen-bond acceptors (Lipinski definition) is 2. The maximum Gasteiger partial charge on any atom is 0.222 e. The first kappa shape index (κ1) is 12.9. The number of hydrogen-bond donors (Lipinski definition) is 0. The van der Waals surface area contributed by atoms with Crippen LogP contribution in [-0.2, 0) is 4.79 Å². The highest BCUT2D eigenvalue weighted by atomic mass is 16.2. The Bertz CT molecular complexity index is 391. The van der Waals surface area contributed by atoms with Crippen LogP contribution >= 0.6 is 0 Å². The van der Waals surface area contributed by atoms with Gasteiger partial charge < -0.3 is 9.80 Å². The van der Waals surface area contributed by atoms with Crippen LogP contribution in [0.4, 0.5) is 5.69 Å². The summed E-state index contributed by atoms with van der Waals surface area (Å²) in [6, 6.07) is 10.8. The van der Waals surface area contributed by atoms with Crippen LogP contribution in [0.2, 0.25) is 0 Å². The first-order chi connectivity index (χ1) is 8.72. The normalized spacial score (nSPS) is 19.7. The van der Waals surface area contributed by atoms with Crippen LogP contribution in [0.3, 0.4) is 0 Å². The summed E-state index contributed by atoms with van der Waals surface area (Å²) in [6.07, 6.45) is 2.87. The van der Waals surface area contributed by atoms with E-state index in [4.69, 9.17) is 0 Å². The van der Waals surface area contributed by atoms with Crippen molar-refractivity contribution in [2.75, 3.05) is 25.0 Å². The number of amides is 1. The van der Waals surface area contributed by atoms with Crippen molar-refractivity contribution >= 4 is 11.6 Å². The molecule has 1 aromatic carbocycles. The summed E-state index contributed by atoms with van der Waals surface area (Å²) in [7, 11) is 1.94. The van der Waals surface area contributed by atoms with Crippen molar-refractivity contribution in [3.05, 3.63) is 30.3 Å². The highest BCUT2D eigenvalue weighted by Gasteiger charge is 2.25. The molecule has 0 radical (unpaired) electrons. The van der Waals surface area contributed by atoms with E-state index in [1.807, 2.05) is 24.9 Å². The number of para-hydroxylation sites is 1. The summed E-state index contributed by atoms with van der Waals surface area (Å²) in [4.78, 5) is 16.1. The van der Waals surface area contributed by atoms with E-state index in [1.54, 1.807) is 0 Å². The van der Waals surface area contributed by atoms with Crippen molar-refractivity contribution in [1.82, 2.24) is 4.90 Å². The lowest BCUT2D eigenvalue weighted by molar-refractivity contribution is -0.131. The summed E-state index contributed by atoms with van der Waals surface area (Å²) in [5, 5.41) is 0. The standard InChI is InChI=1S/C15H22N2O/c1-3-15(18)16(2)14-10-7-11-17(12-14)13-8-5-4-6-9-13/h4-6,8-9,14H,3,7,10-12H2,1-2H3. The number of nitrogens with zero attached hydrogens (tertiary/aromatic N) is 2. The summed E-state index contributed by atoms with van der Waals surface area (Å²) in [5.41, 5.74) is 1.26. The van der Waals surface area contributed by atoms with Crippen molar-refractivity contribution in [2.45, 2.75) is 32.2 Å². The fraction of sp³-hybridized carbons (Fsp3) is 0.533. The van der Waals surface area contributed by atoms with E-state index in [1.165, 1.54) is 5.69 Å². The van der Waals surface area contributed by atoms with Gasteiger partial charge in [0.25, 0.3) is 0 Å². The second-order valence-corrected chi connectivity index (χ2v) is 4.94. The first-order valence-corrected chi connectivity index (χ1v) is 6.78. The number of benzene rings is 1. The predicted molar refractivity (Wildman–Crippen MR) is 74.7 cm³/mol. The van der Waals surface area contributed by atoms with Crippen molar-refractivity contribution < 1.29 is 4.79 Å². The van der Waals surface area contributed by atoms with Gasteiger partial charge in [0.1, 0.15) is 0 Å². The maximum atomic E-state index is 11.8. The average Bonchev–Trinajstić information content (AvgIpc) is 2.46. The number of likely N-dealkylation sites (N-methyl/N-ethyl adjacent to an activating group) is 1. The number of anilines is 1. The molecule has 1 aliphatic rings. The Morgan fingerprint density at radius 2 is 2.11 bits per heavy atom. The molecule has 0 aromatic heterocycles. The van der Waals surface area contributed by atoms with Gasteiger partial charge in [-0.15, -0.1) is 0 Å². The summed E-state index contributed by atoms with van der Waals surface area (Å²) < 4.78 is 0. The zero-order valence-corrected chi connectivity index (χ0v) is 11.3. The van der Waals surface area contributed by atoms with Crippen LogP contribution in [0.25, 0.3) is 0 Å². The first-order valence-electron chi connectivity index (χ1n) is 6.78. The van der Waals surface area contributed by atoms with Gasteiger partial charge >= 0.3 is 0 Å². The molecule has 0 spiro atoms. The summed E-state index contributed by atoms with van der Waals surface area (Å²) in [5.74, 6) is 0.245. The second kappa shape index (κ2) is 5.89. The number of carbonyl (C=O) groups excluding carboxylic acids is 1. The van der Waals surface area contributed by atoms with Gasteiger partial charge in [0.15, 0.2) is 0 Å². The fourth-order valence-electron chi connectivity index (χ4n) is 2.60. The topological polar surface area (TPSA) is 23.6 Å². The van der Waals surface area contributed by atoms with Gasteiger partial charge in [0.05, 0.1) is 0 Å². The van der Waals surface area contributed by atoms with Crippen LogP contribution in [0, 0.1) is 0 Å². The Hall–Kier alpha value is -1.51. The van der Waals surface area contributed by atoms with E-state index < -0.39 is 0 Å². The molecule has 3 nitrogen and oxygen atoms in total. The smallest absolute Gasteiger partial charge is 0.222 e. The highest BCUT2D eigenvalue weighted by Crippen LogP contribution is 2.21. The summed E-state index contributed by atoms with van der Waals surface area (Å²) in [6.45, 7) is 3.97. The van der Waals surface area contributed by atoms with E-state index in [9.17, 15) is 4.79 Å². The number of carbonyl (C=O) groups is 1. The molecular formula is C15H22N2O. The van der Waals surface area contributed by atoms with Gasteiger partial charge in [-0.05, 0) is 25.0 Å². The zero-order valence-electron chi connectivity index (χ0n) is 11.3. The van der Waals surface area contributed by atoms with Crippen LogP contribution < -0.4 is 4.90 Å². The molecule has 2 rings (SSSR count). The molecular weight excluding hydrogens is 224 g/mol. The molecule has 0 aliphatic carbocycles. The molecule has 1 heterocycles. The maximum absolute atomic E-state index is 11.8. The van der Waals surface area contributed by atoms with Crippen molar-refractivity contribution in [3.8, 4) is 0 Å². The highest BCUT2D eigenvalue weighted by molar-refractivity contribution is 5.76. The molecule has 1 atom stereocenters. The quantitative estimate of drug-likeness (QED) is 0.818. The summed E-state index contributed by atoms with van der Waals surface area (Å²) >= 11 is 0. The Morgan fingerprint density at radius 3 is 2.78 bits per heavy atom. The van der Waals surface area contributed by atoms with Gasteiger partial charge in [0, 0.05) is 38.3 Å². The van der Waals surface area contributed by atoms with Gasteiger partial charge in [-0.25, -0.2) is 0 Å². The molecule has 1 aliphatic heterocycles. The molecule has 1 fully saturated rings. The van der Waals surface area contributed by atoms with Crippen LogP contribution in [0.1, 0.15) is 26.2 Å². The van der Waals surface area contributed by atoms with Crippen LogP contribution in [0.15, 0.2) is 30.3 Å². The lowest BCUT2D eigenvalue weighted by Gasteiger charge is -2.38. The SMILES string of the molecule is CCC(=O)N(C)C1CCCN(c2ccccc2)C1. The molecule has 1 saturated heterocycles. The third-order valence-electron chi connectivity index (χ3n) is 3.76. The molecule has 0 bridgehead atoms. The molecule has 1 amide bonds. The second-order valence-electron chi connectivity index (χ2n) is 4.94. The molecule has 0 saturated carbocycles. The minimum absolute atomic E-state index is 0.245. The molecule has 18 heavy (non-hydrogen) atoms. The average molecular weight is 246 g/mol. The van der Waals surface area contributed by atoms with Crippen LogP contribution in [-0.4, -0.2) is 37.0 Å². The van der Waals surface area contributed by atoms with Gasteiger partial charge in [0.2, 0.25) is 5.91 Å². The van der Waals surface area contributed by atoms with Crippen LogP contribution in [0.5, 0.6) is 0 Å². The Balaban J connectivity index is 2.03. The van der Waals surface area contributed by atoms with Gasteiger partial charge in [-0.2, -0.15) is 0 Å². The van der Waals surface area contributed by atoms with E-state index in [0.717, 1.165) is 25.9 Å². The molecule has 3 heteroatoms. The molecule has 0 N–H and O–H groups in total. The largest absolute Gasteiger partial charge is 0.369 e. The van der Waals surface area contributed by atoms with Crippen molar-refractivity contribution in [3.63, 3.8) is 0 Å². The third kappa shape index (κ3) is 2.84.